The standard InChI is InChI=1S/C11H18O/c1-2-3-4-5-6-7-8-9-10-11-12/h6,8,11H,2-5,9-10H2,1H3. The Labute approximate surface area is 75.2 Å². The number of hydrogen-bond acceptors (Lipinski definition) is 1. The average molecular weight is 166 g/mol. The topological polar surface area (TPSA) is 17.1 Å². The van der Waals surface area contributed by atoms with Crippen molar-refractivity contribution in [3.8, 4) is 0 Å². The highest BCUT2D eigenvalue weighted by Crippen LogP contribution is 1.98. The van der Waals surface area contributed by atoms with Crippen LogP contribution in [0.4, 0.5) is 0 Å². The van der Waals surface area contributed by atoms with E-state index in [4.69, 9.17) is 0 Å². The summed E-state index contributed by atoms with van der Waals surface area (Å²) in [4.78, 5) is 9.92. The van der Waals surface area contributed by atoms with Crippen LogP contribution in [0.3, 0.4) is 0 Å². The maximum atomic E-state index is 9.92. The molecule has 68 valence electrons. The summed E-state index contributed by atoms with van der Waals surface area (Å²) in [5.41, 5.74) is 3.07. The van der Waals surface area contributed by atoms with E-state index in [1.165, 1.54) is 19.3 Å². The van der Waals surface area contributed by atoms with Gasteiger partial charge in [-0.3, -0.25) is 0 Å². The van der Waals surface area contributed by atoms with E-state index in [0.29, 0.717) is 6.42 Å². The Morgan fingerprint density at radius 3 is 2.50 bits per heavy atom. The van der Waals surface area contributed by atoms with Gasteiger partial charge in [-0.25, -0.2) is 0 Å². The Morgan fingerprint density at radius 2 is 1.83 bits per heavy atom. The zero-order valence-corrected chi connectivity index (χ0v) is 7.88. The van der Waals surface area contributed by atoms with Crippen LogP contribution in [0.2, 0.25) is 0 Å². The molecule has 1 heteroatoms. The normalized spacial score (nSPS) is 8.75. The Morgan fingerprint density at radius 1 is 1.08 bits per heavy atom. The molecule has 0 rings (SSSR count). The van der Waals surface area contributed by atoms with Crippen LogP contribution in [0.1, 0.15) is 45.4 Å². The molecule has 0 aliphatic heterocycles. The third-order valence-electron chi connectivity index (χ3n) is 1.62. The fourth-order valence-corrected chi connectivity index (χ4v) is 0.898. The van der Waals surface area contributed by atoms with Crippen molar-refractivity contribution in [2.45, 2.75) is 45.4 Å². The second-order valence-corrected chi connectivity index (χ2v) is 2.81. The molecule has 0 aromatic rings. The first-order valence-corrected chi connectivity index (χ1v) is 4.74. The number of carbonyl (C=O) groups is 1. The summed E-state index contributed by atoms with van der Waals surface area (Å²) in [6.07, 6.45) is 11.3. The lowest BCUT2D eigenvalue weighted by atomic mass is 10.2. The van der Waals surface area contributed by atoms with Gasteiger partial charge in [-0.1, -0.05) is 19.8 Å². The van der Waals surface area contributed by atoms with Crippen LogP contribution in [0, 0.1) is 0 Å². The summed E-state index contributed by atoms with van der Waals surface area (Å²) >= 11 is 0. The van der Waals surface area contributed by atoms with E-state index in [1.807, 2.05) is 6.08 Å². The zero-order valence-electron chi connectivity index (χ0n) is 7.88. The van der Waals surface area contributed by atoms with Gasteiger partial charge in [0.05, 0.1) is 0 Å². The smallest absolute Gasteiger partial charge is 0.120 e. The predicted octanol–water partition coefficient (Wildman–Crippen LogP) is 3.26. The van der Waals surface area contributed by atoms with Gasteiger partial charge in [-0.05, 0) is 31.4 Å². The van der Waals surface area contributed by atoms with Gasteiger partial charge in [0.25, 0.3) is 0 Å². The molecule has 0 atom stereocenters. The highest BCUT2D eigenvalue weighted by Gasteiger charge is 1.79. The summed E-state index contributed by atoms with van der Waals surface area (Å²) in [5, 5.41) is 0. The molecule has 0 aliphatic carbocycles. The van der Waals surface area contributed by atoms with Gasteiger partial charge in [0.1, 0.15) is 6.29 Å². The van der Waals surface area contributed by atoms with Gasteiger partial charge in [0.15, 0.2) is 0 Å². The van der Waals surface area contributed by atoms with Crippen LogP contribution in [0.15, 0.2) is 17.9 Å². The average Bonchev–Trinajstić information content (AvgIpc) is 2.10. The second kappa shape index (κ2) is 10.2. The monoisotopic (exact) mass is 166 g/mol. The van der Waals surface area contributed by atoms with Crippen molar-refractivity contribution >= 4 is 6.29 Å². The molecule has 0 unspecified atom stereocenters. The highest BCUT2D eigenvalue weighted by atomic mass is 16.1. The van der Waals surface area contributed by atoms with Gasteiger partial charge in [-0.2, -0.15) is 0 Å². The fraction of sp³-hybridized carbons (Fsp3) is 0.636. The molecule has 0 aromatic heterocycles. The number of rotatable bonds is 7. The number of hydrogen-bond donors (Lipinski definition) is 0. The van der Waals surface area contributed by atoms with E-state index >= 15 is 0 Å². The maximum Gasteiger partial charge on any atom is 0.120 e. The zero-order chi connectivity index (χ0) is 9.07. The van der Waals surface area contributed by atoms with Gasteiger partial charge in [0, 0.05) is 6.42 Å². The van der Waals surface area contributed by atoms with Crippen LogP contribution in [0.25, 0.3) is 0 Å². The Balaban J connectivity index is 3.21. The lowest BCUT2D eigenvalue weighted by Gasteiger charge is -1.88. The predicted molar refractivity (Wildman–Crippen MR) is 52.1 cm³/mol. The molecule has 0 aromatic carbocycles. The molecule has 0 radical (unpaired) electrons. The molecular formula is C11H18O. The molecule has 0 aliphatic rings. The third kappa shape index (κ3) is 9.19. The van der Waals surface area contributed by atoms with E-state index in [1.54, 1.807) is 0 Å². The van der Waals surface area contributed by atoms with Crippen molar-refractivity contribution < 1.29 is 4.79 Å². The number of aldehydes is 1. The summed E-state index contributed by atoms with van der Waals surface area (Å²) in [5.74, 6) is 0. The molecule has 12 heavy (non-hydrogen) atoms. The van der Waals surface area contributed by atoms with Crippen molar-refractivity contribution in [2.24, 2.45) is 0 Å². The Hall–Kier alpha value is -0.810. The summed E-state index contributed by atoms with van der Waals surface area (Å²) in [7, 11) is 0. The summed E-state index contributed by atoms with van der Waals surface area (Å²) in [6, 6.07) is 0. The van der Waals surface area contributed by atoms with Crippen LogP contribution in [0.5, 0.6) is 0 Å². The first-order valence-electron chi connectivity index (χ1n) is 4.74. The van der Waals surface area contributed by atoms with Crippen LogP contribution >= 0.6 is 0 Å². The molecule has 1 nitrogen and oxygen atoms in total. The molecule has 0 spiro atoms. The van der Waals surface area contributed by atoms with Crippen molar-refractivity contribution in [3.63, 3.8) is 0 Å². The Kier molecular flexibility index (Phi) is 9.50. The van der Waals surface area contributed by atoms with E-state index in [2.05, 4.69) is 18.7 Å². The van der Waals surface area contributed by atoms with Gasteiger partial charge in [0.2, 0.25) is 0 Å². The van der Waals surface area contributed by atoms with Gasteiger partial charge in [-0.15, -0.1) is 5.73 Å². The van der Waals surface area contributed by atoms with Crippen molar-refractivity contribution in [2.75, 3.05) is 0 Å². The lowest BCUT2D eigenvalue weighted by molar-refractivity contribution is -0.107. The van der Waals surface area contributed by atoms with E-state index in [0.717, 1.165) is 19.1 Å². The second-order valence-electron chi connectivity index (χ2n) is 2.81. The molecule has 0 bridgehead atoms. The largest absolute Gasteiger partial charge is 0.303 e. The van der Waals surface area contributed by atoms with Crippen LogP contribution < -0.4 is 0 Å². The quantitative estimate of drug-likeness (QED) is 0.322. The third-order valence-corrected chi connectivity index (χ3v) is 1.62. The Bertz CT molecular complexity index is 152. The molecule has 0 saturated heterocycles. The van der Waals surface area contributed by atoms with Gasteiger partial charge >= 0.3 is 0 Å². The first kappa shape index (κ1) is 11.2. The minimum Gasteiger partial charge on any atom is -0.303 e. The minimum absolute atomic E-state index is 0.621. The van der Waals surface area contributed by atoms with Crippen molar-refractivity contribution in [3.05, 3.63) is 17.9 Å². The summed E-state index contributed by atoms with van der Waals surface area (Å²) < 4.78 is 0. The first-order chi connectivity index (χ1) is 5.91. The van der Waals surface area contributed by atoms with Crippen molar-refractivity contribution in [1.82, 2.24) is 0 Å². The molecule has 0 amide bonds. The van der Waals surface area contributed by atoms with E-state index in [9.17, 15) is 4.79 Å². The van der Waals surface area contributed by atoms with E-state index < -0.39 is 0 Å². The lowest BCUT2D eigenvalue weighted by Crippen LogP contribution is -1.70. The highest BCUT2D eigenvalue weighted by molar-refractivity contribution is 5.49. The minimum atomic E-state index is 0.621. The van der Waals surface area contributed by atoms with Crippen LogP contribution in [-0.2, 0) is 4.79 Å². The summed E-state index contributed by atoms with van der Waals surface area (Å²) in [6.45, 7) is 2.20. The fourth-order valence-electron chi connectivity index (χ4n) is 0.898. The number of unbranched alkanes of at least 4 members (excludes halogenated alkanes) is 4. The molecular weight excluding hydrogens is 148 g/mol. The number of carbonyl (C=O) groups excluding carboxylic acids is 1. The number of allylic oxidation sites excluding steroid dienone is 1. The molecule has 0 fully saturated rings. The van der Waals surface area contributed by atoms with Crippen LogP contribution in [-0.4, -0.2) is 6.29 Å². The van der Waals surface area contributed by atoms with Gasteiger partial charge < -0.3 is 4.79 Å². The van der Waals surface area contributed by atoms with E-state index in [-0.39, 0.29) is 0 Å². The van der Waals surface area contributed by atoms with Crippen molar-refractivity contribution in [1.29, 1.82) is 0 Å². The molecule has 0 saturated carbocycles. The SMILES string of the molecule is CCCCCC=C=CCCC=O. The maximum absolute atomic E-state index is 9.92. The molecule has 0 N–H and O–H groups in total. The molecule has 0 heterocycles.